The number of amides is 2. The van der Waals surface area contributed by atoms with E-state index in [9.17, 15) is 14.7 Å². The molecule has 152 valence electrons. The van der Waals surface area contributed by atoms with Crippen LogP contribution in [0.4, 0.5) is 5.69 Å². The molecule has 0 radical (unpaired) electrons. The van der Waals surface area contributed by atoms with Crippen LogP contribution in [0, 0.1) is 0 Å². The van der Waals surface area contributed by atoms with Crippen molar-refractivity contribution in [1.29, 1.82) is 0 Å². The number of carbonyl (C=O) groups excluding carboxylic acids is 2. The van der Waals surface area contributed by atoms with Crippen molar-refractivity contribution in [1.82, 2.24) is 10.2 Å². The zero-order chi connectivity index (χ0) is 20.9. The monoisotopic (exact) mass is 401 g/mol. The quantitative estimate of drug-likeness (QED) is 0.626. The molecule has 0 spiro atoms. The van der Waals surface area contributed by atoms with Crippen molar-refractivity contribution in [2.75, 3.05) is 31.5 Å². The molecule has 6 nitrogen and oxygen atoms in total. The molecule has 3 aromatic carbocycles. The van der Waals surface area contributed by atoms with E-state index in [1.165, 1.54) is 6.07 Å². The SMILES string of the molecule is O=C(Nc1ccccc1)c1ccc(O)c(-c2ccc(C(=O)N3CCNCC3)cc2)c1. The van der Waals surface area contributed by atoms with Crippen molar-refractivity contribution >= 4 is 17.5 Å². The van der Waals surface area contributed by atoms with Crippen LogP contribution in [0.1, 0.15) is 20.7 Å². The fourth-order valence-electron chi connectivity index (χ4n) is 3.48. The van der Waals surface area contributed by atoms with Gasteiger partial charge in [0.1, 0.15) is 5.75 Å². The van der Waals surface area contributed by atoms with Gasteiger partial charge in [0.2, 0.25) is 0 Å². The zero-order valence-electron chi connectivity index (χ0n) is 16.5. The summed E-state index contributed by atoms with van der Waals surface area (Å²) in [7, 11) is 0. The highest BCUT2D eigenvalue weighted by molar-refractivity contribution is 6.05. The van der Waals surface area contributed by atoms with Gasteiger partial charge in [0, 0.05) is 48.6 Å². The van der Waals surface area contributed by atoms with E-state index < -0.39 is 0 Å². The molecule has 0 unspecified atom stereocenters. The second-order valence-electron chi connectivity index (χ2n) is 7.17. The highest BCUT2D eigenvalue weighted by Gasteiger charge is 2.18. The number of nitrogens with one attached hydrogen (secondary N) is 2. The largest absolute Gasteiger partial charge is 0.507 e. The van der Waals surface area contributed by atoms with E-state index >= 15 is 0 Å². The lowest BCUT2D eigenvalue weighted by molar-refractivity contribution is 0.0735. The van der Waals surface area contributed by atoms with Gasteiger partial charge < -0.3 is 20.6 Å². The van der Waals surface area contributed by atoms with Crippen molar-refractivity contribution in [3.63, 3.8) is 0 Å². The minimum absolute atomic E-state index is 0.00302. The van der Waals surface area contributed by atoms with Crippen LogP contribution in [-0.2, 0) is 0 Å². The number of phenolic OH excluding ortho intramolecular Hbond substituents is 1. The number of benzene rings is 3. The maximum atomic E-state index is 12.6. The number of carbonyl (C=O) groups is 2. The van der Waals surface area contributed by atoms with E-state index in [-0.39, 0.29) is 17.6 Å². The molecule has 6 heteroatoms. The Labute approximate surface area is 175 Å². The summed E-state index contributed by atoms with van der Waals surface area (Å²) in [4.78, 5) is 27.0. The highest BCUT2D eigenvalue weighted by Crippen LogP contribution is 2.30. The maximum Gasteiger partial charge on any atom is 0.255 e. The maximum absolute atomic E-state index is 12.6. The van der Waals surface area contributed by atoms with Gasteiger partial charge in [-0.2, -0.15) is 0 Å². The van der Waals surface area contributed by atoms with Gasteiger partial charge in [-0.3, -0.25) is 9.59 Å². The minimum Gasteiger partial charge on any atom is -0.507 e. The molecule has 1 heterocycles. The van der Waals surface area contributed by atoms with Gasteiger partial charge in [0.25, 0.3) is 11.8 Å². The standard InChI is InChI=1S/C24H23N3O3/c28-22-11-10-19(23(29)26-20-4-2-1-3-5-20)16-21(22)17-6-8-18(9-7-17)24(30)27-14-12-25-13-15-27/h1-11,16,25,28H,12-15H2,(H,26,29). The first-order valence-electron chi connectivity index (χ1n) is 9.92. The first-order valence-corrected chi connectivity index (χ1v) is 9.92. The molecule has 3 aromatic rings. The molecule has 0 atom stereocenters. The molecule has 30 heavy (non-hydrogen) atoms. The number of phenols is 1. The molecule has 1 saturated heterocycles. The average molecular weight is 401 g/mol. The predicted molar refractivity (Wildman–Crippen MR) is 117 cm³/mol. The Morgan fingerprint density at radius 2 is 1.53 bits per heavy atom. The second kappa shape index (κ2) is 8.80. The van der Waals surface area contributed by atoms with Crippen LogP contribution < -0.4 is 10.6 Å². The van der Waals surface area contributed by atoms with Crippen LogP contribution in [0.5, 0.6) is 5.75 Å². The van der Waals surface area contributed by atoms with Gasteiger partial charge in [-0.1, -0.05) is 30.3 Å². The summed E-state index contributed by atoms with van der Waals surface area (Å²) in [5.74, 6) is -0.177. The van der Waals surface area contributed by atoms with Crippen molar-refractivity contribution in [3.8, 4) is 16.9 Å². The fourth-order valence-corrected chi connectivity index (χ4v) is 3.48. The summed E-state index contributed by atoms with van der Waals surface area (Å²) in [5.41, 5.74) is 3.02. The van der Waals surface area contributed by atoms with Crippen LogP contribution >= 0.6 is 0 Å². The Balaban J connectivity index is 1.54. The van der Waals surface area contributed by atoms with Gasteiger partial charge in [-0.15, -0.1) is 0 Å². The Kier molecular flexibility index (Phi) is 5.77. The van der Waals surface area contributed by atoms with E-state index in [4.69, 9.17) is 0 Å². The summed E-state index contributed by atoms with van der Waals surface area (Å²) in [6, 6.07) is 21.1. The summed E-state index contributed by atoms with van der Waals surface area (Å²) in [6.07, 6.45) is 0. The van der Waals surface area contributed by atoms with E-state index in [0.717, 1.165) is 18.7 Å². The molecule has 0 saturated carbocycles. The molecule has 0 aromatic heterocycles. The van der Waals surface area contributed by atoms with Crippen LogP contribution in [0.25, 0.3) is 11.1 Å². The molecule has 0 aliphatic carbocycles. The van der Waals surface area contributed by atoms with E-state index in [1.54, 1.807) is 36.4 Å². The minimum atomic E-state index is -0.257. The van der Waals surface area contributed by atoms with E-state index in [0.29, 0.717) is 35.5 Å². The predicted octanol–water partition coefficient (Wildman–Crippen LogP) is 3.36. The number of para-hydroxylation sites is 1. The number of hydrogen-bond acceptors (Lipinski definition) is 4. The van der Waals surface area contributed by atoms with Crippen molar-refractivity contribution in [2.24, 2.45) is 0 Å². The molecule has 3 N–H and O–H groups in total. The van der Waals surface area contributed by atoms with Gasteiger partial charge in [-0.05, 0) is 48.0 Å². The first-order chi connectivity index (χ1) is 14.6. The fraction of sp³-hybridized carbons (Fsp3) is 0.167. The van der Waals surface area contributed by atoms with E-state index in [2.05, 4.69) is 10.6 Å². The lowest BCUT2D eigenvalue weighted by Crippen LogP contribution is -2.46. The molecule has 1 fully saturated rings. The van der Waals surface area contributed by atoms with Crippen molar-refractivity contribution < 1.29 is 14.7 Å². The van der Waals surface area contributed by atoms with Crippen LogP contribution in [0.15, 0.2) is 72.8 Å². The van der Waals surface area contributed by atoms with Crippen molar-refractivity contribution in [2.45, 2.75) is 0 Å². The van der Waals surface area contributed by atoms with Crippen LogP contribution in [-0.4, -0.2) is 48.0 Å². The zero-order valence-corrected chi connectivity index (χ0v) is 16.5. The summed E-state index contributed by atoms with van der Waals surface area (Å²) >= 11 is 0. The third-order valence-electron chi connectivity index (χ3n) is 5.14. The first kappa shape index (κ1) is 19.7. The van der Waals surface area contributed by atoms with Gasteiger partial charge in [-0.25, -0.2) is 0 Å². The smallest absolute Gasteiger partial charge is 0.255 e. The highest BCUT2D eigenvalue weighted by atomic mass is 16.3. The third-order valence-corrected chi connectivity index (χ3v) is 5.14. The summed E-state index contributed by atoms with van der Waals surface area (Å²) in [6.45, 7) is 2.99. The normalized spacial score (nSPS) is 13.7. The number of nitrogens with zero attached hydrogens (tertiary/aromatic N) is 1. The average Bonchev–Trinajstić information content (AvgIpc) is 2.80. The van der Waals surface area contributed by atoms with Crippen LogP contribution in [0.2, 0.25) is 0 Å². The molecular weight excluding hydrogens is 378 g/mol. The number of hydrogen-bond donors (Lipinski definition) is 3. The molecule has 1 aliphatic heterocycles. The topological polar surface area (TPSA) is 81.7 Å². The third kappa shape index (κ3) is 4.34. The molecule has 1 aliphatic rings. The molecular formula is C24H23N3O3. The lowest BCUT2D eigenvalue weighted by Gasteiger charge is -2.27. The molecule has 2 amide bonds. The number of aromatic hydroxyl groups is 1. The Hall–Kier alpha value is -3.64. The molecule has 0 bridgehead atoms. The summed E-state index contributed by atoms with van der Waals surface area (Å²) in [5, 5.41) is 16.4. The Morgan fingerprint density at radius 1 is 0.867 bits per heavy atom. The van der Waals surface area contributed by atoms with Crippen LogP contribution in [0.3, 0.4) is 0 Å². The number of piperazine rings is 1. The van der Waals surface area contributed by atoms with Crippen molar-refractivity contribution in [3.05, 3.63) is 83.9 Å². The Bertz CT molecular complexity index is 1040. The number of anilines is 1. The van der Waals surface area contributed by atoms with Gasteiger partial charge >= 0.3 is 0 Å². The van der Waals surface area contributed by atoms with Gasteiger partial charge in [0.05, 0.1) is 0 Å². The summed E-state index contributed by atoms with van der Waals surface area (Å²) < 4.78 is 0. The second-order valence-corrected chi connectivity index (χ2v) is 7.17. The molecule has 4 rings (SSSR count). The van der Waals surface area contributed by atoms with E-state index in [1.807, 2.05) is 35.2 Å². The van der Waals surface area contributed by atoms with Gasteiger partial charge in [0.15, 0.2) is 0 Å². The Morgan fingerprint density at radius 3 is 2.23 bits per heavy atom. The lowest BCUT2D eigenvalue weighted by atomic mass is 10.00. The number of rotatable bonds is 4.